The number of aromatic hydroxyl groups is 1. The summed E-state index contributed by atoms with van der Waals surface area (Å²) < 4.78 is 5.56. The molecule has 0 unspecified atom stereocenters. The van der Waals surface area contributed by atoms with Gasteiger partial charge in [0.1, 0.15) is 11.3 Å². The normalized spacial score (nSPS) is 11.6. The highest BCUT2D eigenvalue weighted by molar-refractivity contribution is 6.02. The smallest absolute Gasteiger partial charge is 0.342 e. The number of ketones is 1. The Kier molecular flexibility index (Phi) is 5.36. The molecule has 0 heterocycles. The maximum Gasteiger partial charge on any atom is 0.342 e. The van der Waals surface area contributed by atoms with Gasteiger partial charge in [0.25, 0.3) is 0 Å². The molecule has 0 aliphatic rings. The van der Waals surface area contributed by atoms with E-state index in [0.29, 0.717) is 16.7 Å². The van der Waals surface area contributed by atoms with Crippen molar-refractivity contribution in [1.82, 2.24) is 0 Å². The minimum Gasteiger partial charge on any atom is -0.507 e. The summed E-state index contributed by atoms with van der Waals surface area (Å²) in [6.45, 7) is 3.63. The zero-order valence-corrected chi connectivity index (χ0v) is 15.2. The van der Waals surface area contributed by atoms with Gasteiger partial charge in [-0.3, -0.25) is 4.79 Å². The lowest BCUT2D eigenvalue weighted by atomic mass is 9.99. The summed E-state index contributed by atoms with van der Waals surface area (Å²) in [4.78, 5) is 25.7. The highest BCUT2D eigenvalue weighted by atomic mass is 16.5. The summed E-state index contributed by atoms with van der Waals surface area (Å²) in [6, 6.07) is 20.8. The van der Waals surface area contributed by atoms with Crippen LogP contribution in [0.1, 0.15) is 43.5 Å². The number of esters is 1. The summed E-state index contributed by atoms with van der Waals surface area (Å²) >= 11 is 0. The molecule has 0 saturated heterocycles. The fourth-order valence-electron chi connectivity index (χ4n) is 2.76. The quantitative estimate of drug-likeness (QED) is 0.525. The van der Waals surface area contributed by atoms with Crippen molar-refractivity contribution in [2.45, 2.75) is 20.0 Å². The lowest BCUT2D eigenvalue weighted by Gasteiger charge is -2.18. The lowest BCUT2D eigenvalue weighted by molar-refractivity contribution is 0.0277. The first kappa shape index (κ1) is 18.4. The standard InChI is InChI=1S/C23H20O4/c1-15-11-13-17(14-12-15)21(25)22(18-8-4-3-5-9-18)27-23(26)19-10-6-7-16(2)20(19)24/h3-14,22,24H,1-2H3/t22-/m0/s1. The summed E-state index contributed by atoms with van der Waals surface area (Å²) in [5, 5.41) is 10.2. The molecule has 0 aliphatic carbocycles. The zero-order chi connectivity index (χ0) is 19.4. The van der Waals surface area contributed by atoms with Crippen LogP contribution in [0.3, 0.4) is 0 Å². The molecule has 3 rings (SSSR count). The number of carbonyl (C=O) groups excluding carboxylic acids is 2. The van der Waals surface area contributed by atoms with Crippen molar-refractivity contribution in [3.8, 4) is 5.75 Å². The highest BCUT2D eigenvalue weighted by Crippen LogP contribution is 2.28. The van der Waals surface area contributed by atoms with E-state index in [1.807, 2.05) is 25.1 Å². The first-order chi connectivity index (χ1) is 13.0. The van der Waals surface area contributed by atoms with E-state index >= 15 is 0 Å². The summed E-state index contributed by atoms with van der Waals surface area (Å²) in [5.74, 6) is -1.20. The average molecular weight is 360 g/mol. The Morgan fingerprint density at radius 1 is 0.852 bits per heavy atom. The number of hydrogen-bond donors (Lipinski definition) is 1. The summed E-state index contributed by atoms with van der Waals surface area (Å²) in [5.41, 5.74) is 2.65. The molecule has 0 radical (unpaired) electrons. The number of ether oxygens (including phenoxy) is 1. The van der Waals surface area contributed by atoms with Gasteiger partial charge in [-0.05, 0) is 25.5 Å². The van der Waals surface area contributed by atoms with Gasteiger partial charge in [-0.15, -0.1) is 0 Å². The molecule has 0 bridgehead atoms. The van der Waals surface area contributed by atoms with Gasteiger partial charge in [-0.25, -0.2) is 4.79 Å². The van der Waals surface area contributed by atoms with E-state index < -0.39 is 12.1 Å². The minimum absolute atomic E-state index is 0.0348. The van der Waals surface area contributed by atoms with Gasteiger partial charge < -0.3 is 9.84 Å². The van der Waals surface area contributed by atoms with Crippen LogP contribution in [0, 0.1) is 13.8 Å². The predicted octanol–water partition coefficient (Wildman–Crippen LogP) is 4.79. The number of benzene rings is 3. The van der Waals surface area contributed by atoms with Crippen LogP contribution in [0.4, 0.5) is 0 Å². The molecule has 0 amide bonds. The monoisotopic (exact) mass is 360 g/mol. The molecule has 0 saturated carbocycles. The van der Waals surface area contributed by atoms with Crippen LogP contribution < -0.4 is 0 Å². The number of rotatable bonds is 5. The van der Waals surface area contributed by atoms with E-state index in [4.69, 9.17) is 4.74 Å². The molecule has 0 aromatic heterocycles. The molecule has 3 aromatic rings. The van der Waals surface area contributed by atoms with E-state index in [2.05, 4.69) is 0 Å². The first-order valence-corrected chi connectivity index (χ1v) is 8.63. The number of Topliss-reactive ketones (excluding diaryl/α,β-unsaturated/α-hetero) is 1. The Labute approximate surface area is 158 Å². The number of phenols is 1. The second-order valence-corrected chi connectivity index (χ2v) is 6.40. The average Bonchev–Trinajstić information content (AvgIpc) is 2.69. The van der Waals surface area contributed by atoms with Crippen LogP contribution in [-0.4, -0.2) is 16.9 Å². The van der Waals surface area contributed by atoms with E-state index in [0.717, 1.165) is 5.56 Å². The van der Waals surface area contributed by atoms with Crippen molar-refractivity contribution in [2.75, 3.05) is 0 Å². The lowest BCUT2D eigenvalue weighted by Crippen LogP contribution is -2.20. The molecule has 3 aromatic carbocycles. The number of para-hydroxylation sites is 1. The molecular formula is C23H20O4. The Hall–Kier alpha value is -3.40. The van der Waals surface area contributed by atoms with Crippen LogP contribution in [0.5, 0.6) is 5.75 Å². The first-order valence-electron chi connectivity index (χ1n) is 8.63. The Morgan fingerprint density at radius 2 is 1.52 bits per heavy atom. The Morgan fingerprint density at radius 3 is 2.19 bits per heavy atom. The fourth-order valence-corrected chi connectivity index (χ4v) is 2.76. The van der Waals surface area contributed by atoms with Gasteiger partial charge in [0.2, 0.25) is 5.78 Å². The summed E-state index contributed by atoms with van der Waals surface area (Å²) in [6.07, 6.45) is -1.10. The molecule has 0 aliphatic heterocycles. The van der Waals surface area contributed by atoms with Gasteiger partial charge in [0.15, 0.2) is 6.10 Å². The van der Waals surface area contributed by atoms with Crippen LogP contribution in [-0.2, 0) is 4.74 Å². The van der Waals surface area contributed by atoms with Crippen molar-refractivity contribution < 1.29 is 19.4 Å². The maximum atomic E-state index is 13.0. The molecule has 0 spiro atoms. The molecular weight excluding hydrogens is 340 g/mol. The molecule has 136 valence electrons. The number of phenolic OH excluding ortho intramolecular Hbond substituents is 1. The molecule has 4 heteroatoms. The van der Waals surface area contributed by atoms with Gasteiger partial charge in [0.05, 0.1) is 0 Å². The van der Waals surface area contributed by atoms with Gasteiger partial charge in [-0.1, -0.05) is 72.3 Å². The highest BCUT2D eigenvalue weighted by Gasteiger charge is 2.27. The van der Waals surface area contributed by atoms with Crippen LogP contribution >= 0.6 is 0 Å². The van der Waals surface area contributed by atoms with Crippen molar-refractivity contribution >= 4 is 11.8 Å². The SMILES string of the molecule is Cc1ccc(C(=O)[C@@H](OC(=O)c2cccc(C)c2O)c2ccccc2)cc1. The van der Waals surface area contributed by atoms with Crippen LogP contribution in [0.2, 0.25) is 0 Å². The van der Waals surface area contributed by atoms with E-state index in [1.165, 1.54) is 6.07 Å². The predicted molar refractivity (Wildman–Crippen MR) is 103 cm³/mol. The minimum atomic E-state index is -1.10. The van der Waals surface area contributed by atoms with Gasteiger partial charge in [-0.2, -0.15) is 0 Å². The zero-order valence-electron chi connectivity index (χ0n) is 15.2. The number of carbonyl (C=O) groups is 2. The molecule has 1 N–H and O–H groups in total. The maximum absolute atomic E-state index is 13.0. The largest absolute Gasteiger partial charge is 0.507 e. The Bertz CT molecular complexity index is 959. The van der Waals surface area contributed by atoms with Gasteiger partial charge in [0, 0.05) is 11.1 Å². The molecule has 0 fully saturated rings. The third-order valence-corrected chi connectivity index (χ3v) is 4.36. The number of aryl methyl sites for hydroxylation is 2. The van der Waals surface area contributed by atoms with Crippen LogP contribution in [0.15, 0.2) is 72.8 Å². The second kappa shape index (κ2) is 7.87. The van der Waals surface area contributed by atoms with Crippen molar-refractivity contribution in [2.24, 2.45) is 0 Å². The second-order valence-electron chi connectivity index (χ2n) is 6.40. The van der Waals surface area contributed by atoms with Crippen LogP contribution in [0.25, 0.3) is 0 Å². The van der Waals surface area contributed by atoms with E-state index in [9.17, 15) is 14.7 Å². The van der Waals surface area contributed by atoms with Crippen molar-refractivity contribution in [3.05, 3.63) is 101 Å². The molecule has 27 heavy (non-hydrogen) atoms. The van der Waals surface area contributed by atoms with E-state index in [-0.39, 0.29) is 17.1 Å². The third kappa shape index (κ3) is 4.06. The topological polar surface area (TPSA) is 63.6 Å². The van der Waals surface area contributed by atoms with Crippen molar-refractivity contribution in [3.63, 3.8) is 0 Å². The molecule has 4 nitrogen and oxygen atoms in total. The molecule has 1 atom stereocenters. The number of hydrogen-bond acceptors (Lipinski definition) is 4. The fraction of sp³-hybridized carbons (Fsp3) is 0.130. The van der Waals surface area contributed by atoms with Crippen molar-refractivity contribution in [1.29, 1.82) is 0 Å². The summed E-state index contributed by atoms with van der Waals surface area (Å²) in [7, 11) is 0. The third-order valence-electron chi connectivity index (χ3n) is 4.36. The van der Waals surface area contributed by atoms with Gasteiger partial charge >= 0.3 is 5.97 Å². The Balaban J connectivity index is 1.95. The van der Waals surface area contributed by atoms with E-state index in [1.54, 1.807) is 55.5 Å².